The van der Waals surface area contributed by atoms with Gasteiger partial charge in [-0.1, -0.05) is 22.9 Å². The van der Waals surface area contributed by atoms with E-state index in [1.807, 2.05) is 31.3 Å². The summed E-state index contributed by atoms with van der Waals surface area (Å²) < 4.78 is 1.78. The summed E-state index contributed by atoms with van der Waals surface area (Å²) in [6.07, 6.45) is 4.93. The zero-order valence-corrected chi connectivity index (χ0v) is 11.2. The predicted octanol–water partition coefficient (Wildman–Crippen LogP) is 2.51. The number of nitrogens with zero attached hydrogens (tertiary/aromatic N) is 3. The molecular formula is C13H17ClN4. The van der Waals surface area contributed by atoms with E-state index in [9.17, 15) is 0 Å². The maximum absolute atomic E-state index is 6.00. The van der Waals surface area contributed by atoms with Gasteiger partial charge in [-0.2, -0.15) is 0 Å². The van der Waals surface area contributed by atoms with Crippen molar-refractivity contribution in [3.05, 3.63) is 40.7 Å². The van der Waals surface area contributed by atoms with Crippen LogP contribution in [0.1, 0.15) is 24.1 Å². The third-order valence-electron chi connectivity index (χ3n) is 2.85. The molecule has 5 heteroatoms. The van der Waals surface area contributed by atoms with Gasteiger partial charge in [-0.3, -0.25) is 0 Å². The number of hydrogen-bond acceptors (Lipinski definition) is 3. The van der Waals surface area contributed by atoms with Gasteiger partial charge in [-0.05, 0) is 50.4 Å². The molecule has 0 aliphatic heterocycles. The van der Waals surface area contributed by atoms with Gasteiger partial charge in [-0.25, -0.2) is 4.68 Å². The molecule has 4 nitrogen and oxygen atoms in total. The summed E-state index contributed by atoms with van der Waals surface area (Å²) in [7, 11) is 0. The van der Waals surface area contributed by atoms with Crippen LogP contribution in [-0.2, 0) is 6.42 Å². The average molecular weight is 265 g/mol. The lowest BCUT2D eigenvalue weighted by molar-refractivity contribution is 0.727. The van der Waals surface area contributed by atoms with E-state index < -0.39 is 0 Å². The molecule has 2 aromatic rings. The fourth-order valence-electron chi connectivity index (χ4n) is 1.81. The Balaban J connectivity index is 2.16. The van der Waals surface area contributed by atoms with Crippen molar-refractivity contribution in [1.29, 1.82) is 0 Å². The van der Waals surface area contributed by atoms with Crippen LogP contribution in [0.25, 0.3) is 5.69 Å². The second kappa shape index (κ2) is 5.98. The van der Waals surface area contributed by atoms with Crippen LogP contribution < -0.4 is 5.73 Å². The minimum absolute atomic E-state index is 0.704. The number of unbranched alkanes of at least 4 members (excludes halogenated alkanes) is 1. The van der Waals surface area contributed by atoms with E-state index in [4.69, 9.17) is 17.3 Å². The molecule has 2 N–H and O–H groups in total. The number of nitrogens with two attached hydrogens (primary N) is 1. The van der Waals surface area contributed by atoms with Gasteiger partial charge in [0.2, 0.25) is 0 Å². The summed E-state index contributed by atoms with van der Waals surface area (Å²) in [6.45, 7) is 2.75. The third kappa shape index (κ3) is 3.09. The number of hydrogen-bond donors (Lipinski definition) is 1. The summed E-state index contributed by atoms with van der Waals surface area (Å²) in [5.74, 6) is 0. The van der Waals surface area contributed by atoms with Crippen molar-refractivity contribution in [3.63, 3.8) is 0 Å². The van der Waals surface area contributed by atoms with Gasteiger partial charge >= 0.3 is 0 Å². The van der Waals surface area contributed by atoms with Gasteiger partial charge in [0.15, 0.2) is 0 Å². The monoisotopic (exact) mass is 264 g/mol. The Hall–Kier alpha value is -1.39. The highest BCUT2D eigenvalue weighted by molar-refractivity contribution is 6.30. The van der Waals surface area contributed by atoms with Gasteiger partial charge in [-0.15, -0.1) is 5.10 Å². The maximum Gasteiger partial charge on any atom is 0.0831 e. The molecule has 1 aromatic heterocycles. The first kappa shape index (κ1) is 13.1. The lowest BCUT2D eigenvalue weighted by Crippen LogP contribution is -1.99. The van der Waals surface area contributed by atoms with E-state index >= 15 is 0 Å². The zero-order chi connectivity index (χ0) is 13.0. The predicted molar refractivity (Wildman–Crippen MR) is 73.1 cm³/mol. The first-order valence-electron chi connectivity index (χ1n) is 6.08. The van der Waals surface area contributed by atoms with Crippen LogP contribution in [-0.4, -0.2) is 21.5 Å². The molecule has 2 rings (SSSR count). The average Bonchev–Trinajstić information content (AvgIpc) is 2.81. The van der Waals surface area contributed by atoms with Crippen molar-refractivity contribution in [3.8, 4) is 5.69 Å². The van der Waals surface area contributed by atoms with Gasteiger partial charge in [0.25, 0.3) is 0 Å². The van der Waals surface area contributed by atoms with E-state index in [0.29, 0.717) is 5.02 Å². The molecule has 1 aromatic carbocycles. The zero-order valence-electron chi connectivity index (χ0n) is 10.4. The van der Waals surface area contributed by atoms with Crippen LogP contribution in [0.2, 0.25) is 5.02 Å². The smallest absolute Gasteiger partial charge is 0.0831 e. The summed E-state index contributed by atoms with van der Waals surface area (Å²) in [6, 6.07) is 5.75. The number of benzene rings is 1. The van der Waals surface area contributed by atoms with E-state index in [2.05, 4.69) is 10.3 Å². The molecule has 0 aliphatic rings. The Morgan fingerprint density at radius 1 is 1.33 bits per heavy atom. The normalized spacial score (nSPS) is 10.8. The van der Waals surface area contributed by atoms with E-state index in [1.54, 1.807) is 4.68 Å². The van der Waals surface area contributed by atoms with Gasteiger partial charge in [0, 0.05) is 5.02 Å². The third-order valence-corrected chi connectivity index (χ3v) is 3.08. The largest absolute Gasteiger partial charge is 0.330 e. The van der Waals surface area contributed by atoms with E-state index in [-0.39, 0.29) is 0 Å². The molecule has 0 fully saturated rings. The summed E-state index contributed by atoms with van der Waals surface area (Å²) >= 11 is 6.00. The van der Waals surface area contributed by atoms with Crippen LogP contribution in [0.5, 0.6) is 0 Å². The molecule has 96 valence electrons. The van der Waals surface area contributed by atoms with Gasteiger partial charge in [0.1, 0.15) is 0 Å². The molecule has 18 heavy (non-hydrogen) atoms. The van der Waals surface area contributed by atoms with Crippen LogP contribution in [0.3, 0.4) is 0 Å². The lowest BCUT2D eigenvalue weighted by Gasteiger charge is -2.04. The fourth-order valence-corrected chi connectivity index (χ4v) is 1.98. The fraction of sp³-hybridized carbons (Fsp3) is 0.385. The standard InChI is InChI=1S/C13H17ClN4/c1-10-5-6-11(14)8-13(10)18-9-12(16-17-18)4-2-3-7-15/h5-6,8-9H,2-4,7,15H2,1H3. The molecule has 0 atom stereocenters. The van der Waals surface area contributed by atoms with Gasteiger partial charge in [0.05, 0.1) is 17.6 Å². The Morgan fingerprint density at radius 3 is 2.94 bits per heavy atom. The second-order valence-corrected chi connectivity index (χ2v) is 4.77. The van der Waals surface area contributed by atoms with Crippen molar-refractivity contribution >= 4 is 11.6 Å². The minimum atomic E-state index is 0.704. The van der Waals surface area contributed by atoms with Crippen molar-refractivity contribution in [1.82, 2.24) is 15.0 Å². The van der Waals surface area contributed by atoms with E-state index in [1.165, 1.54) is 0 Å². The molecule has 0 radical (unpaired) electrons. The van der Waals surface area contributed by atoms with Gasteiger partial charge < -0.3 is 5.73 Å². The number of aromatic nitrogens is 3. The first-order chi connectivity index (χ1) is 8.70. The van der Waals surface area contributed by atoms with Crippen molar-refractivity contribution in [2.75, 3.05) is 6.54 Å². The van der Waals surface area contributed by atoms with Crippen molar-refractivity contribution in [2.24, 2.45) is 5.73 Å². The number of aryl methyl sites for hydroxylation is 2. The highest BCUT2D eigenvalue weighted by Crippen LogP contribution is 2.18. The molecule has 0 aliphatic carbocycles. The van der Waals surface area contributed by atoms with Crippen molar-refractivity contribution < 1.29 is 0 Å². The molecule has 0 bridgehead atoms. The quantitative estimate of drug-likeness (QED) is 0.845. The molecule has 0 spiro atoms. The molecule has 0 saturated carbocycles. The number of rotatable bonds is 5. The lowest BCUT2D eigenvalue weighted by atomic mass is 10.2. The Labute approximate surface area is 112 Å². The highest BCUT2D eigenvalue weighted by Gasteiger charge is 2.06. The van der Waals surface area contributed by atoms with Crippen molar-refractivity contribution in [2.45, 2.75) is 26.2 Å². The molecule has 0 unspecified atom stereocenters. The second-order valence-electron chi connectivity index (χ2n) is 4.33. The summed E-state index contributed by atoms with van der Waals surface area (Å²) in [5.41, 5.74) is 8.55. The Bertz CT molecular complexity index is 521. The summed E-state index contributed by atoms with van der Waals surface area (Å²) in [4.78, 5) is 0. The topological polar surface area (TPSA) is 56.7 Å². The SMILES string of the molecule is Cc1ccc(Cl)cc1-n1cc(CCCCN)nn1. The van der Waals surface area contributed by atoms with Crippen LogP contribution in [0, 0.1) is 6.92 Å². The highest BCUT2D eigenvalue weighted by atomic mass is 35.5. The number of halogens is 1. The van der Waals surface area contributed by atoms with Crippen LogP contribution in [0.4, 0.5) is 0 Å². The first-order valence-corrected chi connectivity index (χ1v) is 6.46. The summed E-state index contributed by atoms with van der Waals surface area (Å²) in [5, 5.41) is 9.01. The molecule has 0 saturated heterocycles. The molecule has 1 heterocycles. The minimum Gasteiger partial charge on any atom is -0.330 e. The van der Waals surface area contributed by atoms with E-state index in [0.717, 1.165) is 42.8 Å². The van der Waals surface area contributed by atoms with Crippen LogP contribution in [0.15, 0.2) is 24.4 Å². The Morgan fingerprint density at radius 2 is 2.17 bits per heavy atom. The maximum atomic E-state index is 6.00. The van der Waals surface area contributed by atoms with Crippen LogP contribution >= 0.6 is 11.6 Å². The Kier molecular flexibility index (Phi) is 4.33. The molecule has 0 amide bonds. The molecular weight excluding hydrogens is 248 g/mol.